The van der Waals surface area contributed by atoms with Crippen LogP contribution in [0.1, 0.15) is 10.4 Å². The molecule has 152 valence electrons. The lowest BCUT2D eigenvalue weighted by Gasteiger charge is -2.04. The molecule has 0 aliphatic rings. The van der Waals surface area contributed by atoms with Gasteiger partial charge in [-0.05, 0) is 30.3 Å². The van der Waals surface area contributed by atoms with Gasteiger partial charge >= 0.3 is 5.97 Å². The second-order valence-corrected chi connectivity index (χ2v) is 8.99. The summed E-state index contributed by atoms with van der Waals surface area (Å²) in [5, 5.41) is 0. The van der Waals surface area contributed by atoms with E-state index in [1.807, 2.05) is 0 Å². The molecule has 0 spiro atoms. The smallest absolute Gasteiger partial charge is 0.325 e. The van der Waals surface area contributed by atoms with Crippen LogP contribution in [-0.4, -0.2) is 38.2 Å². The molecule has 1 heterocycles. The Labute approximate surface area is 167 Å². The summed E-state index contributed by atoms with van der Waals surface area (Å²) in [6.45, 7) is -0.333. The monoisotopic (exact) mass is 440 g/mol. The van der Waals surface area contributed by atoms with Crippen LogP contribution in [0.4, 0.5) is 8.78 Å². The molecule has 29 heavy (non-hydrogen) atoms. The summed E-state index contributed by atoms with van der Waals surface area (Å²) >= 11 is 0.900. The highest BCUT2D eigenvalue weighted by Gasteiger charge is 2.19. The second-order valence-electron chi connectivity index (χ2n) is 5.96. The molecule has 0 saturated heterocycles. The number of nitrogens with zero attached hydrogens (tertiary/aromatic N) is 2. The zero-order valence-corrected chi connectivity index (χ0v) is 16.8. The van der Waals surface area contributed by atoms with Gasteiger partial charge in [0.1, 0.15) is 23.7 Å². The number of rotatable bonds is 4. The van der Waals surface area contributed by atoms with E-state index in [1.165, 1.54) is 29.9 Å². The van der Waals surface area contributed by atoms with Crippen molar-refractivity contribution in [3.63, 3.8) is 0 Å². The number of hydrogen-bond donors (Lipinski definition) is 0. The number of fused-ring (bicyclic) bond motifs is 1. The molecule has 0 fully saturated rings. The normalized spacial score (nSPS) is 12.3. The van der Waals surface area contributed by atoms with Crippen LogP contribution in [0.15, 0.2) is 46.3 Å². The number of carbonyl (C=O) groups is 2. The third kappa shape index (κ3) is 4.25. The van der Waals surface area contributed by atoms with Crippen LogP contribution in [0.3, 0.4) is 0 Å². The number of carbonyl (C=O) groups excluding carboxylic acids is 2. The van der Waals surface area contributed by atoms with E-state index in [-0.39, 0.29) is 16.2 Å². The molecule has 3 aromatic rings. The number of hydrogen-bond acceptors (Lipinski definition) is 6. The van der Waals surface area contributed by atoms with E-state index in [0.29, 0.717) is 10.2 Å². The van der Waals surface area contributed by atoms with E-state index < -0.39 is 38.9 Å². The number of benzene rings is 2. The SMILES string of the molecule is COC(=O)Cn1c(=NC(=O)c2c(F)cccc2F)sc2cc(S(C)(=O)=O)ccc21. The molecule has 1 amide bonds. The summed E-state index contributed by atoms with van der Waals surface area (Å²) in [5.41, 5.74) is -0.417. The molecule has 2 aromatic carbocycles. The van der Waals surface area contributed by atoms with Crippen LogP contribution in [0.25, 0.3) is 10.2 Å². The third-order valence-corrected chi connectivity index (χ3v) is 6.12. The van der Waals surface area contributed by atoms with Crippen LogP contribution in [0.2, 0.25) is 0 Å². The first-order valence-electron chi connectivity index (χ1n) is 8.05. The zero-order chi connectivity index (χ0) is 21.3. The summed E-state index contributed by atoms with van der Waals surface area (Å²) in [7, 11) is -2.32. The fourth-order valence-corrected chi connectivity index (χ4v) is 4.35. The Bertz CT molecular complexity index is 1290. The maximum Gasteiger partial charge on any atom is 0.325 e. The molecule has 0 unspecified atom stereocenters. The van der Waals surface area contributed by atoms with Gasteiger partial charge in [-0.1, -0.05) is 17.4 Å². The van der Waals surface area contributed by atoms with Gasteiger partial charge in [-0.25, -0.2) is 17.2 Å². The molecule has 0 saturated carbocycles. The van der Waals surface area contributed by atoms with Crippen molar-refractivity contribution in [1.29, 1.82) is 0 Å². The van der Waals surface area contributed by atoms with Gasteiger partial charge in [0.05, 0.1) is 22.2 Å². The lowest BCUT2D eigenvalue weighted by molar-refractivity contribution is -0.141. The van der Waals surface area contributed by atoms with Gasteiger partial charge < -0.3 is 9.30 Å². The maximum atomic E-state index is 13.9. The molecule has 0 radical (unpaired) electrons. The highest BCUT2D eigenvalue weighted by atomic mass is 32.2. The van der Waals surface area contributed by atoms with Crippen molar-refractivity contribution in [1.82, 2.24) is 4.57 Å². The minimum absolute atomic E-state index is 0.0366. The first-order chi connectivity index (χ1) is 13.6. The highest BCUT2D eigenvalue weighted by Crippen LogP contribution is 2.22. The van der Waals surface area contributed by atoms with Gasteiger partial charge in [0.15, 0.2) is 14.6 Å². The molecule has 0 aliphatic carbocycles. The van der Waals surface area contributed by atoms with Crippen molar-refractivity contribution < 1.29 is 31.5 Å². The minimum atomic E-state index is -3.49. The number of aromatic nitrogens is 1. The second kappa shape index (κ2) is 7.84. The molecule has 11 heteroatoms. The Kier molecular flexibility index (Phi) is 5.62. The quantitative estimate of drug-likeness (QED) is 0.580. The highest BCUT2D eigenvalue weighted by molar-refractivity contribution is 7.90. The average Bonchev–Trinajstić information content (AvgIpc) is 2.97. The Balaban J connectivity index is 2.24. The Morgan fingerprint density at radius 1 is 1.17 bits per heavy atom. The predicted octanol–water partition coefficient (Wildman–Crippen LogP) is 2.30. The molecule has 3 rings (SSSR count). The van der Waals surface area contributed by atoms with Gasteiger partial charge in [0.25, 0.3) is 5.91 Å². The lowest BCUT2D eigenvalue weighted by Crippen LogP contribution is -2.22. The van der Waals surface area contributed by atoms with Gasteiger partial charge in [0, 0.05) is 6.26 Å². The van der Waals surface area contributed by atoms with Crippen molar-refractivity contribution in [2.24, 2.45) is 4.99 Å². The van der Waals surface area contributed by atoms with E-state index in [2.05, 4.69) is 9.73 Å². The van der Waals surface area contributed by atoms with Crippen molar-refractivity contribution in [2.75, 3.05) is 13.4 Å². The largest absolute Gasteiger partial charge is 0.468 e. The molecule has 0 atom stereocenters. The van der Waals surface area contributed by atoms with Gasteiger partial charge in [-0.2, -0.15) is 4.99 Å². The third-order valence-electron chi connectivity index (χ3n) is 3.97. The lowest BCUT2D eigenvalue weighted by atomic mass is 10.2. The molecular weight excluding hydrogens is 426 g/mol. The zero-order valence-electron chi connectivity index (χ0n) is 15.2. The standard InChI is InChI=1S/C18H14F2N2O5S2/c1-27-15(23)9-22-13-7-6-10(29(2,25)26)8-14(13)28-18(22)21-17(24)16-11(19)4-3-5-12(16)20/h3-8H,9H2,1-2H3. The van der Waals surface area contributed by atoms with Gasteiger partial charge in [-0.15, -0.1) is 0 Å². The Morgan fingerprint density at radius 3 is 2.41 bits per heavy atom. The average molecular weight is 440 g/mol. The van der Waals surface area contributed by atoms with Crippen molar-refractivity contribution in [2.45, 2.75) is 11.4 Å². The fourth-order valence-electron chi connectivity index (χ4n) is 2.56. The molecule has 0 N–H and O–H groups in total. The number of sulfone groups is 1. The predicted molar refractivity (Wildman–Crippen MR) is 101 cm³/mol. The summed E-state index contributed by atoms with van der Waals surface area (Å²) in [6, 6.07) is 7.15. The van der Waals surface area contributed by atoms with Crippen molar-refractivity contribution >= 4 is 43.3 Å². The van der Waals surface area contributed by atoms with Crippen LogP contribution >= 0.6 is 11.3 Å². The first kappa shape index (κ1) is 20.8. The summed E-state index contributed by atoms with van der Waals surface area (Å²) < 4.78 is 57.7. The minimum Gasteiger partial charge on any atom is -0.468 e. The Hall–Kier alpha value is -2.92. The number of halogens is 2. The summed E-state index contributed by atoms with van der Waals surface area (Å²) in [5.74, 6) is -3.96. The van der Waals surface area contributed by atoms with Gasteiger partial charge in [-0.3, -0.25) is 9.59 Å². The molecule has 1 aromatic heterocycles. The van der Waals surface area contributed by atoms with Crippen molar-refractivity contribution in [3.8, 4) is 0 Å². The number of methoxy groups -OCH3 is 1. The van der Waals surface area contributed by atoms with Crippen LogP contribution in [0, 0.1) is 11.6 Å². The number of thiazole rings is 1. The maximum absolute atomic E-state index is 13.9. The molecular formula is C18H14F2N2O5S2. The van der Waals surface area contributed by atoms with E-state index in [0.717, 1.165) is 35.8 Å². The topological polar surface area (TPSA) is 94.8 Å². The molecule has 7 nitrogen and oxygen atoms in total. The van der Waals surface area contributed by atoms with Crippen LogP contribution in [0.5, 0.6) is 0 Å². The molecule has 0 aliphatic heterocycles. The van der Waals surface area contributed by atoms with E-state index >= 15 is 0 Å². The van der Waals surface area contributed by atoms with E-state index in [1.54, 1.807) is 0 Å². The fraction of sp³-hybridized carbons (Fsp3) is 0.167. The number of ether oxygens (including phenoxy) is 1. The summed E-state index contributed by atoms with van der Waals surface area (Å²) in [6.07, 6.45) is 1.04. The number of amides is 1. The number of esters is 1. The van der Waals surface area contributed by atoms with Crippen molar-refractivity contribution in [3.05, 3.63) is 58.4 Å². The molecule has 0 bridgehead atoms. The van der Waals surface area contributed by atoms with E-state index in [4.69, 9.17) is 0 Å². The first-order valence-corrected chi connectivity index (χ1v) is 10.8. The summed E-state index contributed by atoms with van der Waals surface area (Å²) in [4.78, 5) is 28.0. The van der Waals surface area contributed by atoms with E-state index in [9.17, 15) is 26.8 Å². The van der Waals surface area contributed by atoms with Crippen LogP contribution in [-0.2, 0) is 25.9 Å². The Morgan fingerprint density at radius 2 is 1.83 bits per heavy atom. The van der Waals surface area contributed by atoms with Gasteiger partial charge in [0.2, 0.25) is 0 Å². The van der Waals surface area contributed by atoms with Crippen LogP contribution < -0.4 is 4.80 Å².